The maximum Gasteiger partial charge on any atom is 0.265 e. The van der Waals surface area contributed by atoms with E-state index in [1.165, 1.54) is 5.56 Å². The zero-order valence-electron chi connectivity index (χ0n) is 18.5. The topological polar surface area (TPSA) is 74.8 Å². The van der Waals surface area contributed by atoms with Gasteiger partial charge in [-0.25, -0.2) is 15.0 Å². The van der Waals surface area contributed by atoms with Crippen LogP contribution < -0.4 is 10.3 Å². The molecule has 0 spiro atoms. The standard InChI is InChI=1S/C27H21N5O2/c1-34-20-11-7-10-19(16-20)32-25-23(24-26(32)30-22-13-6-5-12-21(22)29-24)27(33)31(17-28-25)15-14-18-8-3-2-4-9-18/h2-13,16-17H,14-15H2,1H3. The monoisotopic (exact) mass is 447 g/mol. The lowest BCUT2D eigenvalue weighted by atomic mass is 10.1. The number of para-hydroxylation sites is 2. The second kappa shape index (κ2) is 8.12. The summed E-state index contributed by atoms with van der Waals surface area (Å²) in [7, 11) is 1.63. The van der Waals surface area contributed by atoms with Gasteiger partial charge in [0.15, 0.2) is 11.3 Å². The first kappa shape index (κ1) is 20.1. The van der Waals surface area contributed by atoms with Gasteiger partial charge in [0, 0.05) is 12.6 Å². The largest absolute Gasteiger partial charge is 0.497 e. The van der Waals surface area contributed by atoms with Gasteiger partial charge in [-0.3, -0.25) is 13.9 Å². The van der Waals surface area contributed by atoms with Gasteiger partial charge < -0.3 is 4.74 Å². The molecule has 0 aliphatic heterocycles. The third-order valence-electron chi connectivity index (χ3n) is 6.03. The van der Waals surface area contributed by atoms with Gasteiger partial charge in [-0.2, -0.15) is 0 Å². The summed E-state index contributed by atoms with van der Waals surface area (Å²) in [6.07, 6.45) is 2.35. The van der Waals surface area contributed by atoms with Gasteiger partial charge in [-0.15, -0.1) is 0 Å². The molecule has 0 saturated carbocycles. The van der Waals surface area contributed by atoms with E-state index in [4.69, 9.17) is 19.7 Å². The van der Waals surface area contributed by atoms with Crippen molar-refractivity contribution in [2.75, 3.05) is 7.11 Å². The van der Waals surface area contributed by atoms with E-state index in [-0.39, 0.29) is 5.56 Å². The molecule has 0 aliphatic carbocycles. The number of hydrogen-bond donors (Lipinski definition) is 0. The van der Waals surface area contributed by atoms with Gasteiger partial charge in [-0.05, 0) is 36.2 Å². The Morgan fingerprint density at radius 1 is 0.853 bits per heavy atom. The van der Waals surface area contributed by atoms with Crippen molar-refractivity contribution in [1.82, 2.24) is 24.1 Å². The van der Waals surface area contributed by atoms with Gasteiger partial charge in [0.2, 0.25) is 0 Å². The molecule has 3 heterocycles. The zero-order chi connectivity index (χ0) is 23.1. The average Bonchev–Trinajstić information content (AvgIpc) is 3.21. The van der Waals surface area contributed by atoms with E-state index in [9.17, 15) is 4.79 Å². The Morgan fingerprint density at radius 2 is 1.62 bits per heavy atom. The molecule has 34 heavy (non-hydrogen) atoms. The first-order valence-electron chi connectivity index (χ1n) is 11.1. The molecule has 166 valence electrons. The smallest absolute Gasteiger partial charge is 0.265 e. The van der Waals surface area contributed by atoms with E-state index in [1.54, 1.807) is 18.0 Å². The molecular weight excluding hydrogens is 426 g/mol. The SMILES string of the molecule is COc1cccc(-n2c3nc4ccccc4nc3c3c(=O)n(CCc4ccccc4)cnc32)c1. The number of hydrogen-bond acceptors (Lipinski definition) is 5. The van der Waals surface area contributed by atoms with Gasteiger partial charge in [0.1, 0.15) is 16.7 Å². The Hall–Kier alpha value is -4.52. The van der Waals surface area contributed by atoms with Crippen molar-refractivity contribution in [3.63, 3.8) is 0 Å². The van der Waals surface area contributed by atoms with Crippen LogP contribution in [0.3, 0.4) is 0 Å². The molecule has 0 atom stereocenters. The van der Waals surface area contributed by atoms with Crippen LogP contribution in [0.15, 0.2) is 90.0 Å². The fourth-order valence-electron chi connectivity index (χ4n) is 4.32. The Balaban J connectivity index is 1.61. The highest BCUT2D eigenvalue weighted by Gasteiger charge is 2.21. The van der Waals surface area contributed by atoms with Crippen LogP contribution in [0, 0.1) is 0 Å². The Morgan fingerprint density at radius 3 is 2.41 bits per heavy atom. The second-order valence-corrected chi connectivity index (χ2v) is 8.10. The van der Waals surface area contributed by atoms with E-state index in [2.05, 4.69) is 12.1 Å². The molecule has 7 nitrogen and oxygen atoms in total. The normalized spacial score (nSPS) is 11.4. The van der Waals surface area contributed by atoms with Crippen LogP contribution in [-0.2, 0) is 13.0 Å². The summed E-state index contributed by atoms with van der Waals surface area (Å²) in [5, 5.41) is 0.464. The molecule has 3 aromatic carbocycles. The summed E-state index contributed by atoms with van der Waals surface area (Å²) in [6.45, 7) is 0.526. The summed E-state index contributed by atoms with van der Waals surface area (Å²) in [5.74, 6) is 0.706. The lowest BCUT2D eigenvalue weighted by molar-refractivity contribution is 0.414. The molecule has 0 unspecified atom stereocenters. The van der Waals surface area contributed by atoms with Crippen LogP contribution in [0.5, 0.6) is 5.75 Å². The van der Waals surface area contributed by atoms with Crippen molar-refractivity contribution < 1.29 is 4.74 Å². The number of aryl methyl sites for hydroxylation is 2. The van der Waals surface area contributed by atoms with E-state index in [1.807, 2.05) is 71.3 Å². The van der Waals surface area contributed by atoms with Crippen LogP contribution in [0.2, 0.25) is 0 Å². The first-order chi connectivity index (χ1) is 16.7. The Kier molecular flexibility index (Phi) is 4.80. The molecule has 0 bridgehead atoms. The number of ether oxygens (including phenoxy) is 1. The van der Waals surface area contributed by atoms with Crippen molar-refractivity contribution in [1.29, 1.82) is 0 Å². The fourth-order valence-corrected chi connectivity index (χ4v) is 4.32. The first-order valence-corrected chi connectivity index (χ1v) is 11.1. The molecule has 0 aliphatic rings. The number of methoxy groups -OCH3 is 1. The molecule has 0 amide bonds. The fraction of sp³-hybridized carbons (Fsp3) is 0.111. The van der Waals surface area contributed by atoms with E-state index < -0.39 is 0 Å². The number of nitrogens with zero attached hydrogens (tertiary/aromatic N) is 5. The Bertz CT molecular complexity index is 1720. The molecule has 0 N–H and O–H groups in total. The lowest BCUT2D eigenvalue weighted by Gasteiger charge is -2.09. The predicted octanol–water partition coefficient (Wildman–Crippen LogP) is 4.53. The summed E-state index contributed by atoms with van der Waals surface area (Å²) >= 11 is 0. The summed E-state index contributed by atoms with van der Waals surface area (Å²) in [5.41, 5.74) is 4.99. The number of benzene rings is 3. The zero-order valence-corrected chi connectivity index (χ0v) is 18.5. The highest BCUT2D eigenvalue weighted by Crippen LogP contribution is 2.29. The summed E-state index contributed by atoms with van der Waals surface area (Å²) in [6, 6.07) is 25.4. The van der Waals surface area contributed by atoms with Crippen molar-refractivity contribution >= 4 is 33.2 Å². The average molecular weight is 447 g/mol. The van der Waals surface area contributed by atoms with Gasteiger partial charge >= 0.3 is 0 Å². The van der Waals surface area contributed by atoms with Crippen molar-refractivity contribution in [2.45, 2.75) is 13.0 Å². The molecule has 6 rings (SSSR count). The van der Waals surface area contributed by atoms with Gasteiger partial charge in [0.05, 0.1) is 30.2 Å². The van der Waals surface area contributed by atoms with Gasteiger partial charge in [0.25, 0.3) is 5.56 Å². The quantitative estimate of drug-likeness (QED) is 0.388. The molecule has 3 aromatic heterocycles. The lowest BCUT2D eigenvalue weighted by Crippen LogP contribution is -2.21. The maximum absolute atomic E-state index is 13.7. The molecule has 6 aromatic rings. The van der Waals surface area contributed by atoms with Crippen LogP contribution in [0.1, 0.15) is 5.56 Å². The minimum absolute atomic E-state index is 0.128. The summed E-state index contributed by atoms with van der Waals surface area (Å²) < 4.78 is 8.97. The Labute approximate surface area is 194 Å². The number of rotatable bonds is 5. The van der Waals surface area contributed by atoms with Crippen molar-refractivity contribution in [3.05, 3.63) is 101 Å². The molecule has 0 saturated heterocycles. The van der Waals surface area contributed by atoms with Crippen LogP contribution in [0.25, 0.3) is 38.9 Å². The van der Waals surface area contributed by atoms with Crippen LogP contribution in [0.4, 0.5) is 0 Å². The second-order valence-electron chi connectivity index (χ2n) is 8.10. The van der Waals surface area contributed by atoms with Crippen LogP contribution >= 0.6 is 0 Å². The molecule has 0 radical (unpaired) electrons. The maximum atomic E-state index is 13.7. The van der Waals surface area contributed by atoms with Crippen LogP contribution in [-0.4, -0.2) is 31.2 Å². The van der Waals surface area contributed by atoms with Crippen molar-refractivity contribution in [3.8, 4) is 11.4 Å². The minimum atomic E-state index is -0.128. The number of aromatic nitrogens is 5. The highest BCUT2D eigenvalue weighted by atomic mass is 16.5. The third-order valence-corrected chi connectivity index (χ3v) is 6.03. The highest BCUT2D eigenvalue weighted by molar-refractivity contribution is 6.05. The predicted molar refractivity (Wildman–Crippen MR) is 133 cm³/mol. The van der Waals surface area contributed by atoms with E-state index in [0.717, 1.165) is 23.1 Å². The van der Waals surface area contributed by atoms with Gasteiger partial charge in [-0.1, -0.05) is 48.5 Å². The number of fused-ring (bicyclic) bond motifs is 4. The summed E-state index contributed by atoms with van der Waals surface area (Å²) in [4.78, 5) is 28.1. The minimum Gasteiger partial charge on any atom is -0.497 e. The van der Waals surface area contributed by atoms with E-state index >= 15 is 0 Å². The third kappa shape index (κ3) is 3.29. The van der Waals surface area contributed by atoms with Crippen molar-refractivity contribution in [2.24, 2.45) is 0 Å². The molecule has 7 heteroatoms. The van der Waals surface area contributed by atoms with E-state index in [0.29, 0.717) is 34.5 Å². The molecule has 0 fully saturated rings. The molecular formula is C27H21N5O2.